The van der Waals surface area contributed by atoms with Crippen molar-refractivity contribution in [1.82, 2.24) is 9.97 Å². The van der Waals surface area contributed by atoms with Crippen LogP contribution < -0.4 is 5.32 Å². The lowest BCUT2D eigenvalue weighted by Gasteiger charge is -2.13. The number of hydrogen-bond acceptors (Lipinski definition) is 3. The van der Waals surface area contributed by atoms with Gasteiger partial charge in [0.1, 0.15) is 16.8 Å². The number of anilines is 2. The van der Waals surface area contributed by atoms with Gasteiger partial charge in [0.15, 0.2) is 0 Å². The maximum atomic E-state index is 6.11. The molecule has 1 aromatic carbocycles. The first kappa shape index (κ1) is 15.1. The Balaban J connectivity index is 2.37. The predicted molar refractivity (Wildman–Crippen MR) is 85.3 cm³/mol. The summed E-state index contributed by atoms with van der Waals surface area (Å²) in [7, 11) is 0. The standard InChI is InChI=1S/C15H17Cl2N3/c1-8(2)15-19-13(17)7-14(20-15)18-12-6-9(3)11(16)5-10(12)4/h5-8H,1-4H3,(H,18,19,20). The third-order valence-corrected chi connectivity index (χ3v) is 3.60. The lowest BCUT2D eigenvalue weighted by Crippen LogP contribution is -2.03. The fourth-order valence-electron chi connectivity index (χ4n) is 1.81. The van der Waals surface area contributed by atoms with Crippen LogP contribution in [0.4, 0.5) is 11.5 Å². The summed E-state index contributed by atoms with van der Waals surface area (Å²) in [5.41, 5.74) is 3.04. The molecular formula is C15H17Cl2N3. The first-order chi connectivity index (χ1) is 9.36. The van der Waals surface area contributed by atoms with Gasteiger partial charge in [-0.05, 0) is 37.1 Å². The van der Waals surface area contributed by atoms with Crippen LogP contribution in [0.15, 0.2) is 18.2 Å². The number of rotatable bonds is 3. The molecule has 1 heterocycles. The molecular weight excluding hydrogens is 293 g/mol. The number of aryl methyl sites for hydroxylation is 2. The SMILES string of the molecule is Cc1cc(Nc2cc(Cl)nc(C(C)C)n2)c(C)cc1Cl. The Morgan fingerprint density at radius 1 is 1.00 bits per heavy atom. The minimum atomic E-state index is 0.224. The molecule has 106 valence electrons. The van der Waals surface area contributed by atoms with Crippen LogP contribution in [0, 0.1) is 13.8 Å². The van der Waals surface area contributed by atoms with Gasteiger partial charge in [-0.2, -0.15) is 0 Å². The molecule has 0 atom stereocenters. The molecule has 5 heteroatoms. The topological polar surface area (TPSA) is 37.8 Å². The van der Waals surface area contributed by atoms with E-state index in [4.69, 9.17) is 23.2 Å². The van der Waals surface area contributed by atoms with Gasteiger partial charge in [0.05, 0.1) is 0 Å². The predicted octanol–water partition coefficient (Wildman–Crippen LogP) is 5.27. The number of benzene rings is 1. The summed E-state index contributed by atoms with van der Waals surface area (Å²) in [5.74, 6) is 1.64. The molecule has 2 rings (SSSR count). The van der Waals surface area contributed by atoms with Gasteiger partial charge in [-0.15, -0.1) is 0 Å². The van der Waals surface area contributed by atoms with E-state index in [0.29, 0.717) is 11.0 Å². The highest BCUT2D eigenvalue weighted by atomic mass is 35.5. The molecule has 0 aliphatic carbocycles. The van der Waals surface area contributed by atoms with E-state index >= 15 is 0 Å². The molecule has 2 aromatic rings. The van der Waals surface area contributed by atoms with Crippen LogP contribution in [0.2, 0.25) is 10.2 Å². The van der Waals surface area contributed by atoms with Crippen molar-refractivity contribution in [2.24, 2.45) is 0 Å². The van der Waals surface area contributed by atoms with Gasteiger partial charge in [-0.1, -0.05) is 37.0 Å². The fourth-order valence-corrected chi connectivity index (χ4v) is 2.22. The smallest absolute Gasteiger partial charge is 0.135 e. The quantitative estimate of drug-likeness (QED) is 0.785. The van der Waals surface area contributed by atoms with Gasteiger partial charge >= 0.3 is 0 Å². The first-order valence-electron chi connectivity index (χ1n) is 6.45. The zero-order chi connectivity index (χ0) is 14.9. The van der Waals surface area contributed by atoms with Gasteiger partial charge < -0.3 is 5.32 Å². The van der Waals surface area contributed by atoms with Crippen LogP contribution in [0.1, 0.15) is 36.7 Å². The second kappa shape index (κ2) is 5.98. The minimum Gasteiger partial charge on any atom is -0.340 e. The van der Waals surface area contributed by atoms with E-state index in [2.05, 4.69) is 15.3 Å². The lowest BCUT2D eigenvalue weighted by molar-refractivity contribution is 0.776. The van der Waals surface area contributed by atoms with Gasteiger partial charge in [-0.3, -0.25) is 0 Å². The Morgan fingerprint density at radius 2 is 1.70 bits per heavy atom. The highest BCUT2D eigenvalue weighted by molar-refractivity contribution is 6.31. The molecule has 1 aromatic heterocycles. The Kier molecular flexibility index (Phi) is 4.51. The van der Waals surface area contributed by atoms with Gasteiger partial charge in [0.25, 0.3) is 0 Å². The van der Waals surface area contributed by atoms with Gasteiger partial charge in [0, 0.05) is 22.7 Å². The third kappa shape index (κ3) is 3.41. The Hall–Kier alpha value is -1.32. The summed E-state index contributed by atoms with van der Waals surface area (Å²) >= 11 is 12.2. The van der Waals surface area contributed by atoms with E-state index in [0.717, 1.165) is 27.7 Å². The van der Waals surface area contributed by atoms with Crippen molar-refractivity contribution in [1.29, 1.82) is 0 Å². The normalized spacial score (nSPS) is 10.9. The number of nitrogens with one attached hydrogen (secondary N) is 1. The molecule has 0 aliphatic heterocycles. The number of halogens is 2. The van der Waals surface area contributed by atoms with E-state index in [9.17, 15) is 0 Å². The largest absolute Gasteiger partial charge is 0.340 e. The monoisotopic (exact) mass is 309 g/mol. The van der Waals surface area contributed by atoms with E-state index in [1.54, 1.807) is 6.07 Å². The van der Waals surface area contributed by atoms with Crippen molar-refractivity contribution in [3.05, 3.63) is 45.3 Å². The Bertz CT molecular complexity index is 639. The molecule has 0 bridgehead atoms. The van der Waals surface area contributed by atoms with Crippen LogP contribution in [0.3, 0.4) is 0 Å². The highest BCUT2D eigenvalue weighted by Gasteiger charge is 2.09. The Morgan fingerprint density at radius 3 is 2.35 bits per heavy atom. The molecule has 0 amide bonds. The van der Waals surface area contributed by atoms with E-state index < -0.39 is 0 Å². The maximum absolute atomic E-state index is 6.11. The summed E-state index contributed by atoms with van der Waals surface area (Å²) in [4.78, 5) is 8.70. The molecule has 0 saturated carbocycles. The van der Waals surface area contributed by atoms with Crippen LogP contribution in [0.25, 0.3) is 0 Å². The van der Waals surface area contributed by atoms with Gasteiger partial charge in [-0.25, -0.2) is 9.97 Å². The highest BCUT2D eigenvalue weighted by Crippen LogP contribution is 2.27. The zero-order valence-corrected chi connectivity index (χ0v) is 13.5. The number of nitrogens with zero attached hydrogens (tertiary/aromatic N) is 2. The minimum absolute atomic E-state index is 0.224. The summed E-state index contributed by atoms with van der Waals surface area (Å²) in [6.07, 6.45) is 0. The maximum Gasteiger partial charge on any atom is 0.135 e. The van der Waals surface area contributed by atoms with Crippen molar-refractivity contribution in [2.75, 3.05) is 5.32 Å². The molecule has 0 radical (unpaired) electrons. The third-order valence-electron chi connectivity index (χ3n) is 3.00. The lowest BCUT2D eigenvalue weighted by atomic mass is 10.1. The summed E-state index contributed by atoms with van der Waals surface area (Å²) in [6, 6.07) is 5.66. The van der Waals surface area contributed by atoms with Gasteiger partial charge in [0.2, 0.25) is 0 Å². The van der Waals surface area contributed by atoms with E-state index in [-0.39, 0.29) is 5.92 Å². The molecule has 0 saturated heterocycles. The second-order valence-corrected chi connectivity index (χ2v) is 5.92. The van der Waals surface area contributed by atoms with Crippen LogP contribution in [-0.2, 0) is 0 Å². The average Bonchev–Trinajstić information content (AvgIpc) is 2.35. The summed E-state index contributed by atoms with van der Waals surface area (Å²) in [6.45, 7) is 8.04. The van der Waals surface area contributed by atoms with Crippen LogP contribution >= 0.6 is 23.2 Å². The van der Waals surface area contributed by atoms with Crippen molar-refractivity contribution in [2.45, 2.75) is 33.6 Å². The molecule has 1 N–H and O–H groups in total. The molecule has 0 aliphatic rings. The van der Waals surface area contributed by atoms with Crippen molar-refractivity contribution in [3.8, 4) is 0 Å². The number of aromatic nitrogens is 2. The molecule has 20 heavy (non-hydrogen) atoms. The van der Waals surface area contributed by atoms with Crippen LogP contribution in [0.5, 0.6) is 0 Å². The molecule has 3 nitrogen and oxygen atoms in total. The fraction of sp³-hybridized carbons (Fsp3) is 0.333. The van der Waals surface area contributed by atoms with Crippen molar-refractivity contribution >= 4 is 34.7 Å². The van der Waals surface area contributed by atoms with Crippen molar-refractivity contribution in [3.63, 3.8) is 0 Å². The van der Waals surface area contributed by atoms with E-state index in [1.165, 1.54) is 0 Å². The van der Waals surface area contributed by atoms with Crippen molar-refractivity contribution < 1.29 is 0 Å². The second-order valence-electron chi connectivity index (χ2n) is 5.13. The van der Waals surface area contributed by atoms with Crippen LogP contribution in [-0.4, -0.2) is 9.97 Å². The summed E-state index contributed by atoms with van der Waals surface area (Å²) in [5, 5.41) is 4.48. The first-order valence-corrected chi connectivity index (χ1v) is 7.20. The molecule has 0 unspecified atom stereocenters. The Labute approximate surface area is 129 Å². The average molecular weight is 310 g/mol. The van der Waals surface area contributed by atoms with E-state index in [1.807, 2.05) is 39.8 Å². The number of hydrogen-bond donors (Lipinski definition) is 1. The summed E-state index contributed by atoms with van der Waals surface area (Å²) < 4.78 is 0. The molecule has 0 fully saturated rings. The molecule has 0 spiro atoms. The zero-order valence-electron chi connectivity index (χ0n) is 12.0.